The van der Waals surface area contributed by atoms with Crippen molar-refractivity contribution in [2.45, 2.75) is 25.4 Å². The van der Waals surface area contributed by atoms with Crippen LogP contribution in [0.2, 0.25) is 0 Å². The largest absolute Gasteiger partial charge is 0.356 e. The van der Waals surface area contributed by atoms with Crippen LogP contribution in [0.4, 0.5) is 11.4 Å². The molecular weight excluding hydrogens is 418 g/mol. The average Bonchev–Trinajstić information content (AvgIpc) is 3.15. The monoisotopic (exact) mass is 439 g/mol. The molecular formula is C26H21N3O4. The number of benzene rings is 3. The van der Waals surface area contributed by atoms with E-state index in [9.17, 15) is 19.2 Å². The van der Waals surface area contributed by atoms with Crippen molar-refractivity contribution in [3.8, 4) is 0 Å². The molecule has 0 aromatic heterocycles. The van der Waals surface area contributed by atoms with E-state index in [1.807, 2.05) is 42.5 Å². The fourth-order valence-electron chi connectivity index (χ4n) is 4.28. The van der Waals surface area contributed by atoms with Gasteiger partial charge in [0.15, 0.2) is 5.78 Å². The summed E-state index contributed by atoms with van der Waals surface area (Å²) in [7, 11) is 0. The van der Waals surface area contributed by atoms with Gasteiger partial charge in [0, 0.05) is 41.0 Å². The fourth-order valence-corrected chi connectivity index (χ4v) is 4.28. The first-order valence-electron chi connectivity index (χ1n) is 10.7. The number of para-hydroxylation sites is 1. The van der Waals surface area contributed by atoms with Gasteiger partial charge < -0.3 is 10.2 Å². The maximum absolute atomic E-state index is 13.0. The molecule has 0 aliphatic carbocycles. The minimum Gasteiger partial charge on any atom is -0.356 e. The van der Waals surface area contributed by atoms with Crippen LogP contribution in [0.1, 0.15) is 44.7 Å². The van der Waals surface area contributed by atoms with Crippen LogP contribution in [0.5, 0.6) is 0 Å². The maximum Gasteiger partial charge on any atom is 0.255 e. The zero-order chi connectivity index (χ0) is 22.9. The highest BCUT2D eigenvalue weighted by Gasteiger charge is 2.39. The molecule has 33 heavy (non-hydrogen) atoms. The van der Waals surface area contributed by atoms with Crippen LogP contribution in [0.15, 0.2) is 72.8 Å². The Hall–Kier alpha value is -4.26. The van der Waals surface area contributed by atoms with E-state index in [1.165, 1.54) is 4.90 Å². The maximum atomic E-state index is 13.0. The van der Waals surface area contributed by atoms with Crippen LogP contribution >= 0.6 is 0 Å². The molecule has 0 radical (unpaired) electrons. The Morgan fingerprint density at radius 2 is 1.58 bits per heavy atom. The normalized spacial score (nSPS) is 17.5. The molecule has 1 atom stereocenters. The fraction of sp³-hybridized carbons (Fsp3) is 0.154. The number of amides is 3. The van der Waals surface area contributed by atoms with Gasteiger partial charge in [0.2, 0.25) is 11.8 Å². The third kappa shape index (κ3) is 4.01. The molecule has 7 heteroatoms. The summed E-state index contributed by atoms with van der Waals surface area (Å²) in [5.74, 6) is -1.17. The number of nitrogens with zero attached hydrogens (tertiary/aromatic N) is 1. The number of ketones is 1. The molecule has 0 spiro atoms. The summed E-state index contributed by atoms with van der Waals surface area (Å²) in [6.07, 6.45) is 0.509. The molecule has 2 heterocycles. The van der Waals surface area contributed by atoms with Crippen molar-refractivity contribution in [2.24, 2.45) is 0 Å². The molecule has 0 saturated carbocycles. The quantitative estimate of drug-likeness (QED) is 0.469. The number of hydrogen-bond donors (Lipinski definition) is 2. The SMILES string of the molecule is O=C1CCC(N2Cc3cc(C(=O)c4ccc(Nc5ccccc5)cc4)ccc3C2=O)C(=O)N1. The van der Waals surface area contributed by atoms with Gasteiger partial charge in [0.1, 0.15) is 6.04 Å². The van der Waals surface area contributed by atoms with E-state index >= 15 is 0 Å². The first-order valence-corrected chi connectivity index (χ1v) is 10.7. The van der Waals surface area contributed by atoms with Gasteiger partial charge in [-0.15, -0.1) is 0 Å². The third-order valence-electron chi connectivity index (χ3n) is 6.00. The van der Waals surface area contributed by atoms with Gasteiger partial charge in [-0.25, -0.2) is 0 Å². The lowest BCUT2D eigenvalue weighted by molar-refractivity contribution is -0.136. The molecule has 0 bridgehead atoms. The lowest BCUT2D eigenvalue weighted by Gasteiger charge is -2.29. The predicted molar refractivity (Wildman–Crippen MR) is 122 cm³/mol. The van der Waals surface area contributed by atoms with Crippen molar-refractivity contribution in [1.29, 1.82) is 0 Å². The lowest BCUT2D eigenvalue weighted by atomic mass is 9.99. The van der Waals surface area contributed by atoms with E-state index < -0.39 is 11.9 Å². The number of nitrogens with one attached hydrogen (secondary N) is 2. The summed E-state index contributed by atoms with van der Waals surface area (Å²) in [6, 6.07) is 21.3. The van der Waals surface area contributed by atoms with Gasteiger partial charge in [0.05, 0.1) is 0 Å². The first kappa shape index (κ1) is 20.6. The third-order valence-corrected chi connectivity index (χ3v) is 6.00. The Balaban J connectivity index is 1.32. The van der Waals surface area contributed by atoms with Crippen molar-refractivity contribution in [3.05, 3.63) is 95.1 Å². The molecule has 5 rings (SSSR count). The molecule has 7 nitrogen and oxygen atoms in total. The predicted octanol–water partition coefficient (Wildman–Crippen LogP) is 3.42. The van der Waals surface area contributed by atoms with Gasteiger partial charge in [-0.2, -0.15) is 0 Å². The second-order valence-corrected chi connectivity index (χ2v) is 8.17. The summed E-state index contributed by atoms with van der Waals surface area (Å²) in [5.41, 5.74) is 4.05. The van der Waals surface area contributed by atoms with Crippen molar-refractivity contribution in [3.63, 3.8) is 0 Å². The standard InChI is InChI=1S/C26H21N3O4/c30-23-13-12-22(25(32)28-23)29-15-18-14-17(8-11-21(18)26(29)33)24(31)16-6-9-20(10-7-16)27-19-4-2-1-3-5-19/h1-11,14,22,27H,12-13,15H2,(H,28,30,32). The van der Waals surface area contributed by atoms with Crippen LogP contribution < -0.4 is 10.6 Å². The van der Waals surface area contributed by atoms with Crippen LogP contribution in [-0.4, -0.2) is 34.4 Å². The minimum absolute atomic E-state index is 0.143. The number of rotatable bonds is 5. The topological polar surface area (TPSA) is 95.6 Å². The molecule has 2 aliphatic heterocycles. The minimum atomic E-state index is -0.675. The number of carbonyl (C=O) groups excluding carboxylic acids is 4. The van der Waals surface area contributed by atoms with E-state index in [-0.39, 0.29) is 30.6 Å². The summed E-state index contributed by atoms with van der Waals surface area (Å²) in [5, 5.41) is 5.58. The molecule has 3 amide bonds. The van der Waals surface area contributed by atoms with Crippen LogP contribution in [0.25, 0.3) is 0 Å². The summed E-state index contributed by atoms with van der Waals surface area (Å²) in [6.45, 7) is 0.238. The highest BCUT2D eigenvalue weighted by atomic mass is 16.2. The Bertz CT molecular complexity index is 1270. The highest BCUT2D eigenvalue weighted by Crippen LogP contribution is 2.29. The number of hydrogen-bond acceptors (Lipinski definition) is 5. The van der Waals surface area contributed by atoms with Gasteiger partial charge >= 0.3 is 0 Å². The zero-order valence-electron chi connectivity index (χ0n) is 17.7. The van der Waals surface area contributed by atoms with Gasteiger partial charge in [-0.05, 0) is 60.5 Å². The molecule has 2 aliphatic rings. The van der Waals surface area contributed by atoms with Gasteiger partial charge in [0.25, 0.3) is 5.91 Å². The summed E-state index contributed by atoms with van der Waals surface area (Å²) < 4.78 is 0. The lowest BCUT2D eigenvalue weighted by Crippen LogP contribution is -2.52. The Labute approximate surface area is 190 Å². The van der Waals surface area contributed by atoms with Crippen molar-refractivity contribution in [1.82, 2.24) is 10.2 Å². The van der Waals surface area contributed by atoms with Gasteiger partial charge in [-0.1, -0.05) is 24.3 Å². The number of imide groups is 1. The molecule has 3 aromatic rings. The van der Waals surface area contributed by atoms with E-state index in [0.717, 1.165) is 11.4 Å². The van der Waals surface area contributed by atoms with Crippen molar-refractivity contribution < 1.29 is 19.2 Å². The Morgan fingerprint density at radius 3 is 2.30 bits per heavy atom. The first-order chi connectivity index (χ1) is 16.0. The van der Waals surface area contributed by atoms with E-state index in [0.29, 0.717) is 28.7 Å². The smallest absolute Gasteiger partial charge is 0.255 e. The van der Waals surface area contributed by atoms with E-state index in [1.54, 1.807) is 30.3 Å². The molecule has 1 unspecified atom stereocenters. The molecule has 3 aromatic carbocycles. The Morgan fingerprint density at radius 1 is 0.879 bits per heavy atom. The number of carbonyl (C=O) groups is 4. The summed E-state index contributed by atoms with van der Waals surface area (Å²) >= 11 is 0. The molecule has 2 N–H and O–H groups in total. The highest BCUT2D eigenvalue weighted by molar-refractivity contribution is 6.10. The van der Waals surface area contributed by atoms with Gasteiger partial charge in [-0.3, -0.25) is 24.5 Å². The number of anilines is 2. The van der Waals surface area contributed by atoms with E-state index in [2.05, 4.69) is 10.6 Å². The van der Waals surface area contributed by atoms with Crippen molar-refractivity contribution in [2.75, 3.05) is 5.32 Å². The second kappa shape index (κ2) is 8.35. The second-order valence-electron chi connectivity index (χ2n) is 8.17. The van der Waals surface area contributed by atoms with E-state index in [4.69, 9.17) is 0 Å². The average molecular weight is 439 g/mol. The number of piperidine rings is 1. The van der Waals surface area contributed by atoms with Crippen LogP contribution in [-0.2, 0) is 16.1 Å². The van der Waals surface area contributed by atoms with Crippen LogP contribution in [0.3, 0.4) is 0 Å². The molecule has 164 valence electrons. The Kier molecular flexibility index (Phi) is 5.22. The number of fused-ring (bicyclic) bond motifs is 1. The van der Waals surface area contributed by atoms with Crippen LogP contribution in [0, 0.1) is 0 Å². The zero-order valence-corrected chi connectivity index (χ0v) is 17.7. The molecule has 1 saturated heterocycles. The molecule has 1 fully saturated rings. The van der Waals surface area contributed by atoms with Crippen molar-refractivity contribution >= 4 is 34.9 Å². The summed E-state index contributed by atoms with van der Waals surface area (Å²) in [4.78, 5) is 51.0.